The lowest BCUT2D eigenvalue weighted by molar-refractivity contribution is 0.119. The average Bonchev–Trinajstić information content (AvgIpc) is 3.09. The van der Waals surface area contributed by atoms with Crippen LogP contribution in [0.5, 0.6) is 0 Å². The van der Waals surface area contributed by atoms with Gasteiger partial charge in [-0.1, -0.05) is 40.6 Å². The molecular weight excluding hydrogens is 296 g/mol. The maximum absolute atomic E-state index is 5.63. The minimum absolute atomic E-state index is 0.398. The van der Waals surface area contributed by atoms with Crippen molar-refractivity contribution in [3.05, 3.63) is 41.8 Å². The molecule has 1 aromatic heterocycles. The summed E-state index contributed by atoms with van der Waals surface area (Å²) in [4.78, 5) is 7.36. The molecule has 0 atom stereocenters. The van der Waals surface area contributed by atoms with Crippen molar-refractivity contribution in [2.45, 2.75) is 13.3 Å². The van der Waals surface area contributed by atoms with Gasteiger partial charge in [0.1, 0.15) is 6.61 Å². The Morgan fingerprint density at radius 1 is 1.22 bits per heavy atom. The van der Waals surface area contributed by atoms with Gasteiger partial charge < -0.3 is 18.9 Å². The van der Waals surface area contributed by atoms with Crippen molar-refractivity contribution in [3.63, 3.8) is 0 Å². The third kappa shape index (κ3) is 4.29. The SMILES string of the molecule is C/C(=N\OCCc1nnc(N2CCOCC2)o1)c1ccccc1. The molecule has 7 nitrogen and oxygen atoms in total. The van der Waals surface area contributed by atoms with Crippen molar-refractivity contribution in [1.29, 1.82) is 0 Å². The fraction of sp³-hybridized carbons (Fsp3) is 0.438. The minimum atomic E-state index is 0.398. The zero-order valence-electron chi connectivity index (χ0n) is 13.1. The molecule has 122 valence electrons. The van der Waals surface area contributed by atoms with Crippen LogP contribution in [-0.2, 0) is 16.0 Å². The third-order valence-electron chi connectivity index (χ3n) is 3.54. The topological polar surface area (TPSA) is 73.0 Å². The van der Waals surface area contributed by atoms with Gasteiger partial charge in [0.25, 0.3) is 0 Å². The first-order valence-electron chi connectivity index (χ1n) is 7.70. The Bertz CT molecular complexity index is 636. The summed E-state index contributed by atoms with van der Waals surface area (Å²) in [7, 11) is 0. The van der Waals surface area contributed by atoms with Crippen molar-refractivity contribution >= 4 is 11.7 Å². The van der Waals surface area contributed by atoms with Crippen LogP contribution in [0.4, 0.5) is 6.01 Å². The lowest BCUT2D eigenvalue weighted by Gasteiger charge is -2.24. The standard InChI is InChI=1S/C16H20N4O3/c1-13(14-5-3-2-4-6-14)19-22-10-7-15-17-18-16(23-15)20-8-11-21-12-9-20/h2-6H,7-12H2,1H3/b19-13+. The lowest BCUT2D eigenvalue weighted by Crippen LogP contribution is -2.36. The summed E-state index contributed by atoms with van der Waals surface area (Å²) in [5, 5.41) is 12.2. The van der Waals surface area contributed by atoms with Gasteiger partial charge in [0.05, 0.1) is 25.3 Å². The van der Waals surface area contributed by atoms with Gasteiger partial charge in [0.2, 0.25) is 5.89 Å². The summed E-state index contributed by atoms with van der Waals surface area (Å²) in [6.45, 7) is 5.24. The van der Waals surface area contributed by atoms with Crippen molar-refractivity contribution in [3.8, 4) is 0 Å². The highest BCUT2D eigenvalue weighted by Crippen LogP contribution is 2.14. The van der Waals surface area contributed by atoms with E-state index in [2.05, 4.69) is 15.4 Å². The van der Waals surface area contributed by atoms with Crippen LogP contribution in [0.1, 0.15) is 18.4 Å². The van der Waals surface area contributed by atoms with Crippen molar-refractivity contribution in [2.24, 2.45) is 5.16 Å². The molecular formula is C16H20N4O3. The predicted molar refractivity (Wildman–Crippen MR) is 85.6 cm³/mol. The van der Waals surface area contributed by atoms with E-state index in [4.69, 9.17) is 14.0 Å². The highest BCUT2D eigenvalue weighted by molar-refractivity contribution is 5.98. The lowest BCUT2D eigenvalue weighted by atomic mass is 10.1. The van der Waals surface area contributed by atoms with Gasteiger partial charge in [-0.3, -0.25) is 0 Å². The van der Waals surface area contributed by atoms with E-state index < -0.39 is 0 Å². The summed E-state index contributed by atoms with van der Waals surface area (Å²) in [6, 6.07) is 10.5. The number of rotatable bonds is 6. The average molecular weight is 316 g/mol. The van der Waals surface area contributed by atoms with Gasteiger partial charge in [-0.25, -0.2) is 0 Å². The van der Waals surface area contributed by atoms with E-state index in [0.29, 0.717) is 38.1 Å². The number of anilines is 1. The van der Waals surface area contributed by atoms with Crippen LogP contribution in [0.15, 0.2) is 39.9 Å². The maximum atomic E-state index is 5.63. The van der Waals surface area contributed by atoms with Gasteiger partial charge >= 0.3 is 6.01 Å². The largest absolute Gasteiger partial charge is 0.408 e. The van der Waals surface area contributed by atoms with E-state index in [1.165, 1.54) is 0 Å². The maximum Gasteiger partial charge on any atom is 0.318 e. The van der Waals surface area contributed by atoms with Crippen molar-refractivity contribution in [1.82, 2.24) is 10.2 Å². The molecule has 2 heterocycles. The van der Waals surface area contributed by atoms with Crippen LogP contribution in [-0.4, -0.2) is 48.8 Å². The van der Waals surface area contributed by atoms with E-state index in [-0.39, 0.29) is 0 Å². The van der Waals surface area contributed by atoms with E-state index in [9.17, 15) is 0 Å². The number of ether oxygens (including phenoxy) is 1. The quantitative estimate of drug-likeness (QED) is 0.460. The van der Waals surface area contributed by atoms with Crippen LogP contribution >= 0.6 is 0 Å². The van der Waals surface area contributed by atoms with Crippen LogP contribution in [0.2, 0.25) is 0 Å². The normalized spacial score (nSPS) is 15.7. The molecule has 0 amide bonds. The summed E-state index contributed by atoms with van der Waals surface area (Å²) in [5.41, 5.74) is 1.88. The zero-order chi connectivity index (χ0) is 15.9. The number of hydrogen-bond donors (Lipinski definition) is 0. The van der Waals surface area contributed by atoms with Crippen LogP contribution in [0.3, 0.4) is 0 Å². The summed E-state index contributed by atoms with van der Waals surface area (Å²) in [6.07, 6.45) is 0.531. The van der Waals surface area contributed by atoms with Gasteiger partial charge in [-0.15, -0.1) is 5.10 Å². The first-order valence-corrected chi connectivity index (χ1v) is 7.70. The minimum Gasteiger partial charge on any atom is -0.408 e. The third-order valence-corrected chi connectivity index (χ3v) is 3.54. The second-order valence-electron chi connectivity index (χ2n) is 5.20. The molecule has 3 rings (SSSR count). The van der Waals surface area contributed by atoms with E-state index in [0.717, 1.165) is 24.4 Å². The zero-order valence-corrected chi connectivity index (χ0v) is 13.1. The Morgan fingerprint density at radius 3 is 2.78 bits per heavy atom. The van der Waals surface area contributed by atoms with Gasteiger partial charge in [0, 0.05) is 13.1 Å². The number of oxime groups is 1. The molecule has 0 bridgehead atoms. The summed E-state index contributed by atoms with van der Waals surface area (Å²) in [5.74, 6) is 0.555. The molecule has 23 heavy (non-hydrogen) atoms. The highest BCUT2D eigenvalue weighted by atomic mass is 16.6. The molecule has 0 saturated carbocycles. The molecule has 0 N–H and O–H groups in total. The number of morpholine rings is 1. The van der Waals surface area contributed by atoms with Gasteiger partial charge in [-0.2, -0.15) is 0 Å². The number of benzene rings is 1. The number of nitrogens with zero attached hydrogens (tertiary/aromatic N) is 4. The van der Waals surface area contributed by atoms with Crippen LogP contribution in [0.25, 0.3) is 0 Å². The van der Waals surface area contributed by atoms with Crippen LogP contribution < -0.4 is 4.90 Å². The molecule has 0 spiro atoms. The Morgan fingerprint density at radius 2 is 2.00 bits per heavy atom. The monoisotopic (exact) mass is 316 g/mol. The van der Waals surface area contributed by atoms with Gasteiger partial charge in [0.15, 0.2) is 0 Å². The molecule has 1 saturated heterocycles. The molecule has 0 aliphatic carbocycles. The fourth-order valence-corrected chi connectivity index (χ4v) is 2.24. The molecule has 1 aliphatic rings. The van der Waals surface area contributed by atoms with Crippen LogP contribution in [0, 0.1) is 0 Å². The van der Waals surface area contributed by atoms with Crippen molar-refractivity contribution < 1.29 is 14.0 Å². The van der Waals surface area contributed by atoms with E-state index >= 15 is 0 Å². The van der Waals surface area contributed by atoms with Crippen molar-refractivity contribution in [2.75, 3.05) is 37.8 Å². The summed E-state index contributed by atoms with van der Waals surface area (Å²) >= 11 is 0. The molecule has 0 unspecified atom stereocenters. The predicted octanol–water partition coefficient (Wildman–Crippen LogP) is 1.89. The molecule has 1 aromatic carbocycles. The molecule has 1 aliphatic heterocycles. The Balaban J connectivity index is 1.46. The molecule has 2 aromatic rings. The summed E-state index contributed by atoms with van der Waals surface area (Å²) < 4.78 is 10.9. The molecule has 0 radical (unpaired) electrons. The first-order chi connectivity index (χ1) is 11.3. The van der Waals surface area contributed by atoms with E-state index in [1.807, 2.05) is 42.2 Å². The second-order valence-corrected chi connectivity index (χ2v) is 5.20. The first kappa shape index (κ1) is 15.5. The highest BCUT2D eigenvalue weighted by Gasteiger charge is 2.17. The molecule has 7 heteroatoms. The number of aromatic nitrogens is 2. The Kier molecular flexibility index (Phi) is 5.21. The second kappa shape index (κ2) is 7.73. The van der Waals surface area contributed by atoms with Gasteiger partial charge in [-0.05, 0) is 12.5 Å². The Labute approximate surface area is 134 Å². The smallest absolute Gasteiger partial charge is 0.318 e. The Hall–Kier alpha value is -2.41. The number of hydrogen-bond acceptors (Lipinski definition) is 7. The fourth-order valence-electron chi connectivity index (χ4n) is 2.24. The molecule has 1 fully saturated rings. The van der Waals surface area contributed by atoms with E-state index in [1.54, 1.807) is 0 Å².